The number of rotatable bonds is 11. The van der Waals surface area contributed by atoms with Gasteiger partial charge in [0.15, 0.2) is 8.32 Å². The third kappa shape index (κ3) is 23.8. The van der Waals surface area contributed by atoms with E-state index in [0.29, 0.717) is 6.61 Å². The lowest BCUT2D eigenvalue weighted by atomic mass is 10.2. The van der Waals surface area contributed by atoms with E-state index in [2.05, 4.69) is 58.1 Å². The van der Waals surface area contributed by atoms with Crippen molar-refractivity contribution >= 4 is 52.1 Å². The van der Waals surface area contributed by atoms with Gasteiger partial charge in [-0.3, -0.25) is 9.59 Å². The van der Waals surface area contributed by atoms with E-state index >= 15 is 0 Å². The molecule has 9 heteroatoms. The van der Waals surface area contributed by atoms with Gasteiger partial charge in [0, 0.05) is 6.61 Å². The summed E-state index contributed by atoms with van der Waals surface area (Å²) in [6.07, 6.45) is 3.85. The average Bonchev–Trinajstić information content (AvgIpc) is 2.62. The molecule has 0 atom stereocenters. The normalized spacial score (nSPS) is 11.1. The predicted molar refractivity (Wildman–Crippen MR) is 134 cm³/mol. The van der Waals surface area contributed by atoms with Crippen LogP contribution in [0.15, 0.2) is 25.3 Å². The number of ether oxygens (including phenoxy) is 2. The third-order valence-corrected chi connectivity index (χ3v) is 6.40. The van der Waals surface area contributed by atoms with Gasteiger partial charge < -0.3 is 19.0 Å². The highest BCUT2D eigenvalue weighted by Crippen LogP contribution is 2.19. The van der Waals surface area contributed by atoms with E-state index in [9.17, 15) is 9.59 Å². The van der Waals surface area contributed by atoms with Crippen LogP contribution in [0.4, 0.5) is 0 Å². The third-order valence-electron chi connectivity index (χ3n) is 3.12. The van der Waals surface area contributed by atoms with Crippen molar-refractivity contribution in [1.29, 1.82) is 0 Å². The molecule has 0 spiro atoms. The van der Waals surface area contributed by atoms with Gasteiger partial charge in [-0.05, 0) is 60.2 Å². The quantitative estimate of drug-likeness (QED) is 0.117. The summed E-state index contributed by atoms with van der Waals surface area (Å²) in [4.78, 5) is 22.3. The Morgan fingerprint density at radius 2 is 1.43 bits per heavy atom. The fourth-order valence-electron chi connectivity index (χ4n) is 1.60. The van der Waals surface area contributed by atoms with Crippen LogP contribution >= 0.6 is 31.9 Å². The van der Waals surface area contributed by atoms with Crippen molar-refractivity contribution in [3.63, 3.8) is 0 Å². The van der Waals surface area contributed by atoms with Crippen molar-refractivity contribution in [2.75, 3.05) is 26.4 Å². The van der Waals surface area contributed by atoms with Crippen molar-refractivity contribution in [2.24, 2.45) is 0 Å². The molecule has 0 aliphatic carbocycles. The molecule has 0 heterocycles. The Morgan fingerprint density at radius 3 is 1.77 bits per heavy atom. The van der Waals surface area contributed by atoms with Gasteiger partial charge in [0.1, 0.15) is 15.3 Å². The molecule has 0 unspecified atom stereocenters. The minimum Gasteiger partial charge on any atom is -0.465 e. The number of hydrogen-bond acceptors (Lipinski definition) is 6. The van der Waals surface area contributed by atoms with Gasteiger partial charge in [-0.15, -0.1) is 6.58 Å². The van der Waals surface area contributed by atoms with Crippen molar-refractivity contribution in [1.82, 2.24) is 0 Å². The fraction of sp³-hybridized carbons (Fsp3) is 0.714. The topological polar surface area (TPSA) is 82.1 Å². The highest BCUT2D eigenvalue weighted by Gasteiger charge is 2.26. The van der Waals surface area contributed by atoms with Crippen molar-refractivity contribution in [3.05, 3.63) is 25.3 Å². The van der Waals surface area contributed by atoms with Gasteiger partial charge in [0.2, 0.25) is 0 Å². The van der Waals surface area contributed by atoms with Crippen LogP contribution in [0.2, 0.25) is 19.1 Å². The molecule has 0 amide bonds. The van der Waals surface area contributed by atoms with Crippen molar-refractivity contribution < 1.29 is 28.6 Å². The van der Waals surface area contributed by atoms with E-state index in [4.69, 9.17) is 19.0 Å². The molecule has 0 saturated carbocycles. The summed E-state index contributed by atoms with van der Waals surface area (Å²) < 4.78 is 14.4. The van der Waals surface area contributed by atoms with E-state index in [-0.39, 0.29) is 25.2 Å². The monoisotopic (exact) mass is 574 g/mol. The summed E-state index contributed by atoms with van der Waals surface area (Å²) in [5, 5.41) is 7.76. The molecule has 0 radical (unpaired) electrons. The molecule has 0 aromatic carbocycles. The second-order valence-corrected chi connectivity index (χ2v) is 16.0. The predicted octanol–water partition coefficient (Wildman–Crippen LogP) is 5.39. The second-order valence-electron chi connectivity index (χ2n) is 7.74. The number of carbonyl (C=O) groups excluding carboxylic acids is 2. The molecule has 0 aromatic rings. The molecular weight excluding hydrogens is 536 g/mol. The molecule has 0 rings (SSSR count). The van der Waals surface area contributed by atoms with E-state index in [1.807, 2.05) is 6.92 Å². The Balaban J connectivity index is -0.000000442. The Morgan fingerprint density at radius 1 is 1.00 bits per heavy atom. The van der Waals surface area contributed by atoms with Crippen LogP contribution in [-0.2, 0) is 23.5 Å². The number of esters is 2. The molecule has 0 aromatic heterocycles. The van der Waals surface area contributed by atoms with E-state index < -0.39 is 17.0 Å². The zero-order valence-corrected chi connectivity index (χ0v) is 23.7. The standard InChI is InChI=1S/C11H23BrO3Si.C7H11BrO2.C3H6O/c1-6-15-16(4,5)9-7-8-14-10(13)11(2,3)12;1-4-5-10-6(9)7(2,3)8;1-2-3-4/h6-9H2,1-5H3;4H,1,5H2,2-3H3;2,4H,1,3H2. The maximum Gasteiger partial charge on any atom is 0.322 e. The van der Waals surface area contributed by atoms with Crippen molar-refractivity contribution in [3.8, 4) is 0 Å². The zero-order chi connectivity index (χ0) is 24.4. The Bertz CT molecular complexity index is 497. The molecule has 0 bridgehead atoms. The lowest BCUT2D eigenvalue weighted by Crippen LogP contribution is -2.31. The summed E-state index contributed by atoms with van der Waals surface area (Å²) in [7, 11) is -1.52. The lowest BCUT2D eigenvalue weighted by molar-refractivity contribution is -0.145. The van der Waals surface area contributed by atoms with Gasteiger partial charge in [-0.1, -0.05) is 50.6 Å². The summed E-state index contributed by atoms with van der Waals surface area (Å²) in [6, 6.07) is 1.02. The fourth-order valence-corrected chi connectivity index (χ4v) is 3.75. The summed E-state index contributed by atoms with van der Waals surface area (Å²) in [5.74, 6) is -0.476. The Hall–Kier alpha value is -0.483. The molecule has 30 heavy (non-hydrogen) atoms. The van der Waals surface area contributed by atoms with Crippen LogP contribution in [0, 0.1) is 0 Å². The number of aliphatic hydroxyl groups is 1. The Kier molecular flexibility index (Phi) is 20.6. The smallest absolute Gasteiger partial charge is 0.322 e. The van der Waals surface area contributed by atoms with Crippen molar-refractivity contribution in [2.45, 2.75) is 68.8 Å². The minimum absolute atomic E-state index is 0.0833. The first kappa shape index (κ1) is 34.1. The SMILES string of the molecule is C=CCO.C=CCOC(=O)C(C)(C)Br.CCO[Si](C)(C)CCCOC(=O)C(C)(C)Br. The summed E-state index contributed by atoms with van der Waals surface area (Å²) in [6.45, 7) is 21.7. The largest absolute Gasteiger partial charge is 0.465 e. The number of hydrogen-bond donors (Lipinski definition) is 1. The van der Waals surface area contributed by atoms with Crippen LogP contribution in [0.5, 0.6) is 0 Å². The molecule has 0 aliphatic rings. The van der Waals surface area contributed by atoms with Crippen LogP contribution in [0.3, 0.4) is 0 Å². The first-order valence-corrected chi connectivity index (χ1v) is 14.5. The molecule has 0 fully saturated rings. The number of aliphatic hydroxyl groups excluding tert-OH is 1. The van der Waals surface area contributed by atoms with E-state index in [1.165, 1.54) is 12.2 Å². The molecular formula is C21H40Br2O6Si. The van der Waals surface area contributed by atoms with E-state index in [1.54, 1.807) is 27.7 Å². The molecule has 178 valence electrons. The van der Waals surface area contributed by atoms with Crippen LogP contribution in [0.1, 0.15) is 41.0 Å². The van der Waals surface area contributed by atoms with Crippen LogP contribution in [-0.4, -0.2) is 60.4 Å². The molecule has 1 N–H and O–H groups in total. The second kappa shape index (κ2) is 18.1. The maximum absolute atomic E-state index is 11.4. The number of halogens is 2. The highest BCUT2D eigenvalue weighted by molar-refractivity contribution is 9.10. The number of alkyl halides is 2. The van der Waals surface area contributed by atoms with E-state index in [0.717, 1.165) is 19.1 Å². The summed E-state index contributed by atoms with van der Waals surface area (Å²) in [5.41, 5.74) is 0. The molecule has 0 saturated heterocycles. The zero-order valence-electron chi connectivity index (χ0n) is 19.6. The van der Waals surface area contributed by atoms with Gasteiger partial charge in [-0.25, -0.2) is 0 Å². The first-order chi connectivity index (χ1) is 13.6. The van der Waals surface area contributed by atoms with Gasteiger partial charge >= 0.3 is 11.9 Å². The number of carbonyl (C=O) groups is 2. The van der Waals surface area contributed by atoms with Gasteiger partial charge in [-0.2, -0.15) is 0 Å². The van der Waals surface area contributed by atoms with Gasteiger partial charge in [0.25, 0.3) is 0 Å². The first-order valence-electron chi connectivity index (χ1n) is 9.77. The maximum atomic E-state index is 11.4. The molecule has 6 nitrogen and oxygen atoms in total. The Labute approximate surface area is 200 Å². The van der Waals surface area contributed by atoms with Gasteiger partial charge in [0.05, 0.1) is 13.2 Å². The lowest BCUT2D eigenvalue weighted by Gasteiger charge is -2.22. The highest BCUT2D eigenvalue weighted by atomic mass is 79.9. The minimum atomic E-state index is -1.52. The van der Waals surface area contributed by atoms with Crippen LogP contribution < -0.4 is 0 Å². The van der Waals surface area contributed by atoms with Crippen LogP contribution in [0.25, 0.3) is 0 Å². The molecule has 0 aliphatic heterocycles. The summed E-state index contributed by atoms with van der Waals surface area (Å²) >= 11 is 6.44. The average molecular weight is 576 g/mol.